The maximum atomic E-state index is 12.3. The van der Waals surface area contributed by atoms with Gasteiger partial charge in [-0.3, -0.25) is 4.90 Å². The fourth-order valence-electron chi connectivity index (χ4n) is 4.47. The highest BCUT2D eigenvalue weighted by Crippen LogP contribution is 2.28. The molecule has 2 aliphatic heterocycles. The number of amides is 2. The van der Waals surface area contributed by atoms with Crippen LogP contribution in [0.3, 0.4) is 0 Å². The van der Waals surface area contributed by atoms with Crippen molar-refractivity contribution in [3.05, 3.63) is 52.5 Å². The van der Waals surface area contributed by atoms with Crippen molar-refractivity contribution in [2.24, 2.45) is 0 Å². The van der Waals surface area contributed by atoms with Gasteiger partial charge in [0, 0.05) is 43.4 Å². The van der Waals surface area contributed by atoms with E-state index in [1.807, 2.05) is 24.3 Å². The molecule has 2 heterocycles. The van der Waals surface area contributed by atoms with Gasteiger partial charge in [-0.1, -0.05) is 17.7 Å². The molecule has 2 amide bonds. The molecular weight excluding hydrogens is 440 g/mol. The summed E-state index contributed by atoms with van der Waals surface area (Å²) in [6.07, 6.45) is 1.65. The SMILES string of the molecule is COc1ccc2c(c1)C[C@H](NC(=O)NCCCN1CCN(c3cc(Cl)ccc3C)CC1)CO2. The first-order valence-corrected chi connectivity index (χ1v) is 12.0. The van der Waals surface area contributed by atoms with E-state index in [-0.39, 0.29) is 12.1 Å². The predicted octanol–water partition coefficient (Wildman–Crippen LogP) is 3.47. The Balaban J connectivity index is 1.13. The van der Waals surface area contributed by atoms with Gasteiger partial charge in [0.2, 0.25) is 0 Å². The van der Waals surface area contributed by atoms with Gasteiger partial charge in [0.15, 0.2) is 0 Å². The molecule has 33 heavy (non-hydrogen) atoms. The van der Waals surface area contributed by atoms with Crippen LogP contribution in [-0.2, 0) is 6.42 Å². The number of nitrogens with one attached hydrogen (secondary N) is 2. The molecule has 0 aliphatic carbocycles. The highest BCUT2D eigenvalue weighted by Gasteiger charge is 2.22. The Labute approximate surface area is 201 Å². The van der Waals surface area contributed by atoms with E-state index in [2.05, 4.69) is 39.5 Å². The number of halogens is 1. The zero-order valence-corrected chi connectivity index (χ0v) is 20.2. The molecule has 2 aliphatic rings. The molecule has 0 radical (unpaired) electrons. The molecule has 1 fully saturated rings. The lowest BCUT2D eigenvalue weighted by molar-refractivity contribution is 0.213. The summed E-state index contributed by atoms with van der Waals surface area (Å²) >= 11 is 6.18. The van der Waals surface area contributed by atoms with Crippen LogP contribution in [0, 0.1) is 6.92 Å². The van der Waals surface area contributed by atoms with E-state index in [1.165, 1.54) is 11.3 Å². The number of piperazine rings is 1. The van der Waals surface area contributed by atoms with Crippen LogP contribution in [0.2, 0.25) is 5.02 Å². The highest BCUT2D eigenvalue weighted by molar-refractivity contribution is 6.30. The number of anilines is 1. The lowest BCUT2D eigenvalue weighted by atomic mass is 10.0. The number of hydrogen-bond acceptors (Lipinski definition) is 5. The fourth-order valence-corrected chi connectivity index (χ4v) is 4.63. The van der Waals surface area contributed by atoms with Crippen LogP contribution in [0.4, 0.5) is 10.5 Å². The van der Waals surface area contributed by atoms with E-state index in [4.69, 9.17) is 21.1 Å². The van der Waals surface area contributed by atoms with Crippen molar-refractivity contribution in [3.8, 4) is 11.5 Å². The van der Waals surface area contributed by atoms with Crippen molar-refractivity contribution in [1.29, 1.82) is 0 Å². The molecule has 8 heteroatoms. The molecule has 1 atom stereocenters. The van der Waals surface area contributed by atoms with Crippen LogP contribution in [0.15, 0.2) is 36.4 Å². The molecule has 0 aromatic heterocycles. The van der Waals surface area contributed by atoms with Crippen LogP contribution >= 0.6 is 11.6 Å². The molecule has 0 bridgehead atoms. The third-order valence-corrected chi connectivity index (χ3v) is 6.57. The first kappa shape index (κ1) is 23.5. The maximum Gasteiger partial charge on any atom is 0.315 e. The second-order valence-electron chi connectivity index (χ2n) is 8.70. The largest absolute Gasteiger partial charge is 0.497 e. The Morgan fingerprint density at radius 3 is 2.79 bits per heavy atom. The Kier molecular flexibility index (Phi) is 7.83. The van der Waals surface area contributed by atoms with Crippen molar-refractivity contribution < 1.29 is 14.3 Å². The predicted molar refractivity (Wildman–Crippen MR) is 132 cm³/mol. The number of hydrogen-bond donors (Lipinski definition) is 2. The lowest BCUT2D eigenvalue weighted by Gasteiger charge is -2.37. The molecule has 0 unspecified atom stereocenters. The molecular formula is C25H33ClN4O3. The highest BCUT2D eigenvalue weighted by atomic mass is 35.5. The number of methoxy groups -OCH3 is 1. The van der Waals surface area contributed by atoms with Gasteiger partial charge >= 0.3 is 6.03 Å². The van der Waals surface area contributed by atoms with E-state index in [9.17, 15) is 4.79 Å². The molecule has 2 N–H and O–H groups in total. The van der Waals surface area contributed by atoms with Gasteiger partial charge in [-0.25, -0.2) is 4.79 Å². The quantitative estimate of drug-likeness (QED) is 0.604. The number of ether oxygens (including phenoxy) is 2. The number of rotatable bonds is 7. The Morgan fingerprint density at radius 2 is 2.00 bits per heavy atom. The second-order valence-corrected chi connectivity index (χ2v) is 9.14. The molecule has 0 spiro atoms. The van der Waals surface area contributed by atoms with E-state index in [0.29, 0.717) is 13.2 Å². The molecule has 178 valence electrons. The number of nitrogens with zero attached hydrogens (tertiary/aromatic N) is 2. The Bertz CT molecular complexity index is 963. The van der Waals surface area contributed by atoms with Crippen molar-refractivity contribution >= 4 is 23.3 Å². The van der Waals surface area contributed by atoms with Crippen molar-refractivity contribution in [3.63, 3.8) is 0 Å². The van der Waals surface area contributed by atoms with Crippen molar-refractivity contribution in [2.75, 3.05) is 57.9 Å². The Hall–Kier alpha value is -2.64. The molecule has 1 saturated heterocycles. The number of urea groups is 1. The average molecular weight is 473 g/mol. The van der Waals surface area contributed by atoms with Gasteiger partial charge in [0.05, 0.1) is 13.2 Å². The van der Waals surface area contributed by atoms with Gasteiger partial charge < -0.3 is 25.0 Å². The first-order valence-electron chi connectivity index (χ1n) is 11.6. The lowest BCUT2D eigenvalue weighted by Crippen LogP contribution is -2.48. The molecule has 0 saturated carbocycles. The van der Waals surface area contributed by atoms with Gasteiger partial charge in [0.1, 0.15) is 18.1 Å². The summed E-state index contributed by atoms with van der Waals surface area (Å²) in [6, 6.07) is 11.7. The molecule has 7 nitrogen and oxygen atoms in total. The van der Waals surface area contributed by atoms with Gasteiger partial charge in [-0.2, -0.15) is 0 Å². The second kappa shape index (κ2) is 11.0. The number of aryl methyl sites for hydroxylation is 1. The van der Waals surface area contributed by atoms with Gasteiger partial charge in [0.25, 0.3) is 0 Å². The van der Waals surface area contributed by atoms with Crippen LogP contribution in [0.25, 0.3) is 0 Å². The normalized spacial score (nSPS) is 18.3. The summed E-state index contributed by atoms with van der Waals surface area (Å²) in [7, 11) is 1.65. The standard InChI is InChI=1S/C25H33ClN4O3/c1-18-4-5-20(26)16-23(18)30-12-10-29(11-13-30)9-3-8-27-25(31)28-21-14-19-15-22(32-2)6-7-24(19)33-17-21/h4-7,15-16,21H,3,8-14,17H2,1-2H3,(H2,27,28,31)/t21-/m0/s1. The summed E-state index contributed by atoms with van der Waals surface area (Å²) in [5, 5.41) is 6.79. The van der Waals surface area contributed by atoms with E-state index >= 15 is 0 Å². The fraction of sp³-hybridized carbons (Fsp3) is 0.480. The third-order valence-electron chi connectivity index (χ3n) is 6.33. The summed E-state index contributed by atoms with van der Waals surface area (Å²) < 4.78 is 11.1. The monoisotopic (exact) mass is 472 g/mol. The van der Waals surface area contributed by atoms with E-state index in [0.717, 1.165) is 67.7 Å². The minimum absolute atomic E-state index is 0.0485. The number of carbonyl (C=O) groups is 1. The number of fused-ring (bicyclic) bond motifs is 1. The number of carbonyl (C=O) groups excluding carboxylic acids is 1. The van der Waals surface area contributed by atoms with Gasteiger partial charge in [-0.15, -0.1) is 0 Å². The zero-order chi connectivity index (χ0) is 23.2. The van der Waals surface area contributed by atoms with Crippen LogP contribution in [-0.4, -0.2) is 70.0 Å². The summed E-state index contributed by atoms with van der Waals surface area (Å²) in [5.41, 5.74) is 3.54. The smallest absolute Gasteiger partial charge is 0.315 e. The summed E-state index contributed by atoms with van der Waals surface area (Å²) in [5.74, 6) is 1.66. The summed E-state index contributed by atoms with van der Waals surface area (Å²) in [4.78, 5) is 17.2. The van der Waals surface area contributed by atoms with Crippen LogP contribution in [0.5, 0.6) is 11.5 Å². The molecule has 2 aromatic carbocycles. The van der Waals surface area contributed by atoms with Gasteiger partial charge in [-0.05, 0) is 67.8 Å². The average Bonchev–Trinajstić information content (AvgIpc) is 2.83. The Morgan fingerprint density at radius 1 is 1.18 bits per heavy atom. The van der Waals surface area contributed by atoms with E-state index in [1.54, 1.807) is 7.11 Å². The van der Waals surface area contributed by atoms with Crippen molar-refractivity contribution in [2.45, 2.75) is 25.8 Å². The van der Waals surface area contributed by atoms with E-state index < -0.39 is 0 Å². The van der Waals surface area contributed by atoms with Crippen molar-refractivity contribution in [1.82, 2.24) is 15.5 Å². The minimum atomic E-state index is -0.142. The molecule has 2 aromatic rings. The zero-order valence-electron chi connectivity index (χ0n) is 19.4. The van der Waals surface area contributed by atoms with Crippen LogP contribution < -0.4 is 25.0 Å². The topological polar surface area (TPSA) is 66.1 Å². The molecule has 4 rings (SSSR count). The minimum Gasteiger partial charge on any atom is -0.497 e. The first-order chi connectivity index (χ1) is 16.0. The third kappa shape index (κ3) is 6.24. The summed E-state index contributed by atoms with van der Waals surface area (Å²) in [6.45, 7) is 8.24. The number of benzene rings is 2. The van der Waals surface area contributed by atoms with Crippen LogP contribution in [0.1, 0.15) is 17.5 Å². The maximum absolute atomic E-state index is 12.3.